The summed E-state index contributed by atoms with van der Waals surface area (Å²) in [5, 5.41) is -0.472. The van der Waals surface area contributed by atoms with Gasteiger partial charge < -0.3 is 4.98 Å². The first kappa shape index (κ1) is 14.9. The van der Waals surface area contributed by atoms with Crippen molar-refractivity contribution in [3.63, 3.8) is 0 Å². The molecule has 1 heterocycles. The summed E-state index contributed by atoms with van der Waals surface area (Å²) >= 11 is 2.47. The van der Waals surface area contributed by atoms with Crippen LogP contribution in [0.25, 0.3) is 10.9 Å². The Morgan fingerprint density at radius 3 is 2.10 bits per heavy atom. The molecule has 2 nitrogen and oxygen atoms in total. The van der Waals surface area contributed by atoms with Crippen LogP contribution in [-0.4, -0.2) is 4.98 Å². The summed E-state index contributed by atoms with van der Waals surface area (Å²) in [6.07, 6.45) is -9.51. The standard InChI is InChI=1S/C11H4BrF6NO/c12-7-8(20)5-3-4(10(13,14)15)1-2-6(5)19-9(7)11(16,17)18/h1-3H,(H,19,20). The number of aromatic nitrogens is 1. The fourth-order valence-corrected chi connectivity index (χ4v) is 2.17. The fourth-order valence-electron chi connectivity index (χ4n) is 1.63. The Morgan fingerprint density at radius 1 is 1.00 bits per heavy atom. The summed E-state index contributed by atoms with van der Waals surface area (Å²) < 4.78 is 74.6. The average molecular weight is 360 g/mol. The van der Waals surface area contributed by atoms with E-state index < -0.39 is 38.9 Å². The molecule has 0 spiro atoms. The van der Waals surface area contributed by atoms with E-state index >= 15 is 0 Å². The largest absolute Gasteiger partial charge is 0.432 e. The molecule has 0 aliphatic rings. The molecule has 0 radical (unpaired) electrons. The molecule has 0 unspecified atom stereocenters. The van der Waals surface area contributed by atoms with Gasteiger partial charge >= 0.3 is 12.4 Å². The number of nitrogens with one attached hydrogen (secondary N) is 1. The smallest absolute Gasteiger partial charge is 0.350 e. The Morgan fingerprint density at radius 2 is 1.60 bits per heavy atom. The molecule has 0 saturated heterocycles. The van der Waals surface area contributed by atoms with Crippen LogP contribution in [0.5, 0.6) is 0 Å². The summed E-state index contributed by atoms with van der Waals surface area (Å²) in [5.41, 5.74) is -3.92. The van der Waals surface area contributed by atoms with E-state index in [0.29, 0.717) is 12.1 Å². The number of halogens is 7. The Kier molecular flexibility index (Phi) is 3.35. The first-order valence-electron chi connectivity index (χ1n) is 5.02. The maximum atomic E-state index is 12.6. The zero-order chi connectivity index (χ0) is 15.3. The maximum Gasteiger partial charge on any atom is 0.432 e. The van der Waals surface area contributed by atoms with Gasteiger partial charge in [0.2, 0.25) is 5.43 Å². The Bertz CT molecular complexity index is 730. The van der Waals surface area contributed by atoms with E-state index in [1.165, 1.54) is 0 Å². The lowest BCUT2D eigenvalue weighted by Gasteiger charge is -2.12. The van der Waals surface area contributed by atoms with E-state index in [4.69, 9.17) is 0 Å². The second kappa shape index (κ2) is 4.51. The molecule has 0 amide bonds. The van der Waals surface area contributed by atoms with Crippen molar-refractivity contribution in [3.8, 4) is 0 Å². The number of aromatic amines is 1. The minimum absolute atomic E-state index is 0.321. The summed E-state index contributed by atoms with van der Waals surface area (Å²) in [6, 6.07) is 1.91. The highest BCUT2D eigenvalue weighted by atomic mass is 79.9. The molecule has 0 fully saturated rings. The number of hydrogen-bond donors (Lipinski definition) is 1. The lowest BCUT2D eigenvalue weighted by atomic mass is 10.1. The van der Waals surface area contributed by atoms with Gasteiger partial charge in [0, 0.05) is 10.9 Å². The summed E-state index contributed by atoms with van der Waals surface area (Å²) in [4.78, 5) is 13.7. The van der Waals surface area contributed by atoms with Crippen LogP contribution in [0, 0.1) is 0 Å². The first-order chi connectivity index (χ1) is 9.01. The van der Waals surface area contributed by atoms with Crippen LogP contribution in [0.4, 0.5) is 26.3 Å². The number of fused-ring (bicyclic) bond motifs is 1. The summed E-state index contributed by atoms with van der Waals surface area (Å²) in [5.74, 6) is 0. The SMILES string of the molecule is O=c1c(Br)c(C(F)(F)F)[nH]c2ccc(C(F)(F)F)cc12. The predicted octanol–water partition coefficient (Wildman–Crippen LogP) is 4.33. The second-order valence-corrected chi connectivity index (χ2v) is 4.69. The summed E-state index contributed by atoms with van der Waals surface area (Å²) in [6.45, 7) is 0. The second-order valence-electron chi connectivity index (χ2n) is 3.90. The van der Waals surface area contributed by atoms with Gasteiger partial charge in [-0.05, 0) is 34.1 Å². The molecule has 2 aromatic rings. The molecule has 1 N–H and O–H groups in total. The van der Waals surface area contributed by atoms with Gasteiger partial charge in [0.15, 0.2) is 0 Å². The molecule has 108 valence electrons. The van der Waals surface area contributed by atoms with Crippen LogP contribution in [0.2, 0.25) is 0 Å². The van der Waals surface area contributed by atoms with Gasteiger partial charge in [-0.1, -0.05) is 0 Å². The van der Waals surface area contributed by atoms with Crippen molar-refractivity contribution in [2.75, 3.05) is 0 Å². The normalized spacial score (nSPS) is 12.9. The first-order valence-corrected chi connectivity index (χ1v) is 5.81. The minimum atomic E-state index is -4.82. The van der Waals surface area contributed by atoms with Crippen molar-refractivity contribution in [1.29, 1.82) is 0 Å². The van der Waals surface area contributed by atoms with Crippen LogP contribution in [0.3, 0.4) is 0 Å². The van der Waals surface area contributed by atoms with Crippen LogP contribution in [0.1, 0.15) is 11.3 Å². The molecule has 0 aliphatic heterocycles. The molecule has 0 atom stereocenters. The molecular weight excluding hydrogens is 356 g/mol. The third-order valence-corrected chi connectivity index (χ3v) is 3.31. The number of rotatable bonds is 0. The molecule has 1 aromatic carbocycles. The Hall–Kier alpha value is -1.51. The number of alkyl halides is 6. The summed E-state index contributed by atoms with van der Waals surface area (Å²) in [7, 11) is 0. The van der Waals surface area contributed by atoms with Crippen LogP contribution in [-0.2, 0) is 12.4 Å². The third-order valence-electron chi connectivity index (χ3n) is 2.55. The number of hydrogen-bond acceptors (Lipinski definition) is 1. The number of benzene rings is 1. The zero-order valence-electron chi connectivity index (χ0n) is 9.29. The third kappa shape index (κ3) is 2.54. The van der Waals surface area contributed by atoms with Gasteiger partial charge in [-0.3, -0.25) is 4.79 Å². The van der Waals surface area contributed by atoms with E-state index in [-0.39, 0.29) is 5.52 Å². The predicted molar refractivity (Wildman–Crippen MR) is 62.3 cm³/mol. The monoisotopic (exact) mass is 359 g/mol. The van der Waals surface area contributed by atoms with Crippen molar-refractivity contribution in [2.24, 2.45) is 0 Å². The molecule has 0 saturated carbocycles. The van der Waals surface area contributed by atoms with E-state index in [1.54, 1.807) is 0 Å². The zero-order valence-corrected chi connectivity index (χ0v) is 10.9. The topological polar surface area (TPSA) is 32.9 Å². The van der Waals surface area contributed by atoms with Crippen LogP contribution in [0.15, 0.2) is 27.5 Å². The van der Waals surface area contributed by atoms with E-state index in [9.17, 15) is 31.1 Å². The van der Waals surface area contributed by atoms with Crippen molar-refractivity contribution < 1.29 is 26.3 Å². The molecule has 20 heavy (non-hydrogen) atoms. The number of pyridine rings is 1. The van der Waals surface area contributed by atoms with Crippen LogP contribution < -0.4 is 5.43 Å². The van der Waals surface area contributed by atoms with Crippen molar-refractivity contribution in [2.45, 2.75) is 12.4 Å². The molecular formula is C11H4BrF6NO. The molecule has 1 aromatic heterocycles. The lowest BCUT2D eigenvalue weighted by Crippen LogP contribution is -2.17. The van der Waals surface area contributed by atoms with E-state index in [1.807, 2.05) is 4.98 Å². The Balaban J connectivity index is 2.81. The maximum absolute atomic E-state index is 12.6. The molecule has 0 aliphatic carbocycles. The minimum Gasteiger partial charge on any atom is -0.350 e. The highest BCUT2D eigenvalue weighted by Crippen LogP contribution is 2.34. The quantitative estimate of drug-likeness (QED) is 0.698. The highest BCUT2D eigenvalue weighted by Gasteiger charge is 2.36. The van der Waals surface area contributed by atoms with Crippen molar-refractivity contribution in [3.05, 3.63) is 44.2 Å². The molecule has 2 rings (SSSR count). The van der Waals surface area contributed by atoms with Gasteiger partial charge in [0.05, 0.1) is 10.0 Å². The highest BCUT2D eigenvalue weighted by molar-refractivity contribution is 9.10. The van der Waals surface area contributed by atoms with Gasteiger partial charge in [0.1, 0.15) is 5.69 Å². The molecule has 9 heteroatoms. The fraction of sp³-hybridized carbons (Fsp3) is 0.182. The van der Waals surface area contributed by atoms with E-state index in [0.717, 1.165) is 6.07 Å². The molecule has 0 bridgehead atoms. The average Bonchev–Trinajstić information content (AvgIpc) is 2.30. The van der Waals surface area contributed by atoms with Gasteiger partial charge in [0.25, 0.3) is 0 Å². The van der Waals surface area contributed by atoms with E-state index in [2.05, 4.69) is 15.9 Å². The van der Waals surface area contributed by atoms with Gasteiger partial charge in [-0.25, -0.2) is 0 Å². The number of H-pyrrole nitrogens is 1. The van der Waals surface area contributed by atoms with Gasteiger partial charge in [-0.2, -0.15) is 26.3 Å². The Labute approximate surface area is 115 Å². The van der Waals surface area contributed by atoms with Crippen molar-refractivity contribution >= 4 is 26.8 Å². The lowest BCUT2D eigenvalue weighted by molar-refractivity contribution is -0.141. The van der Waals surface area contributed by atoms with Crippen molar-refractivity contribution in [1.82, 2.24) is 4.98 Å². The van der Waals surface area contributed by atoms with Crippen LogP contribution >= 0.6 is 15.9 Å². The van der Waals surface area contributed by atoms with Gasteiger partial charge in [-0.15, -0.1) is 0 Å².